The van der Waals surface area contributed by atoms with E-state index < -0.39 is 0 Å². The molecule has 0 bridgehead atoms. The highest BCUT2D eigenvalue weighted by molar-refractivity contribution is 5.45. The largest absolute Gasteiger partial charge is 0.491 e. The molecule has 60 heavy (non-hydrogen) atoms. The number of nitrogens with zero attached hydrogens (tertiary/aromatic N) is 4. The lowest BCUT2D eigenvalue weighted by atomic mass is 10.3. The smallest absolute Gasteiger partial charge is 0.119 e. The number of methoxy groups -OCH3 is 4. The summed E-state index contributed by atoms with van der Waals surface area (Å²) in [5.74, 6) is 3.04. The van der Waals surface area contributed by atoms with Crippen LogP contribution in [0.25, 0.3) is 0 Å². The molecule has 0 heterocycles. The second kappa shape index (κ2) is 33.8. The zero-order valence-electron chi connectivity index (χ0n) is 35.2. The van der Waals surface area contributed by atoms with Crippen LogP contribution in [-0.4, -0.2) is 134 Å². The molecule has 0 aliphatic rings. The first kappa shape index (κ1) is 49.3. The minimum absolute atomic E-state index is 0.484. The Morgan fingerprint density at radius 3 is 0.617 bits per heavy atom. The summed E-state index contributed by atoms with van der Waals surface area (Å²) in [5.41, 5.74) is 2.97. The highest BCUT2D eigenvalue weighted by Crippen LogP contribution is 2.24. The fraction of sp³-hybridized carbons (Fsp3) is 0.455. The molecule has 328 valence electrons. The molecule has 4 aromatic rings. The van der Waals surface area contributed by atoms with Gasteiger partial charge >= 0.3 is 0 Å². The standard InChI is InChI=1S/2C22H30N2O6/c2*1-25-11-13-27-15-17-29-21-7-3-19(4-8-21)23-24-20-5-9-22(10-6-20)30-18-16-28-14-12-26-2/h2*3-10H,11-18H2,1-2H3. The Morgan fingerprint density at radius 2 is 0.433 bits per heavy atom. The van der Waals surface area contributed by atoms with Gasteiger partial charge in [0, 0.05) is 28.4 Å². The predicted molar refractivity (Wildman–Crippen MR) is 227 cm³/mol. The van der Waals surface area contributed by atoms with E-state index in [1.54, 1.807) is 28.4 Å². The van der Waals surface area contributed by atoms with Crippen molar-refractivity contribution in [2.45, 2.75) is 0 Å². The summed E-state index contributed by atoms with van der Waals surface area (Å²) in [4.78, 5) is 0. The molecule has 0 fully saturated rings. The van der Waals surface area contributed by atoms with Crippen LogP contribution >= 0.6 is 0 Å². The quantitative estimate of drug-likeness (QED) is 0.0342. The van der Waals surface area contributed by atoms with E-state index in [9.17, 15) is 0 Å². The van der Waals surface area contributed by atoms with Gasteiger partial charge in [-0.15, -0.1) is 0 Å². The van der Waals surface area contributed by atoms with Gasteiger partial charge in [0.05, 0.1) is 102 Å². The Hall–Kier alpha value is -5.04. The molecule has 0 aliphatic heterocycles. The molecule has 0 amide bonds. The van der Waals surface area contributed by atoms with Crippen LogP contribution in [0.1, 0.15) is 0 Å². The fourth-order valence-corrected chi connectivity index (χ4v) is 4.52. The Morgan fingerprint density at radius 1 is 0.250 bits per heavy atom. The van der Waals surface area contributed by atoms with Crippen LogP contribution in [0, 0.1) is 0 Å². The molecule has 0 aliphatic carbocycles. The van der Waals surface area contributed by atoms with Gasteiger partial charge in [-0.1, -0.05) is 0 Å². The van der Waals surface area contributed by atoms with Crippen molar-refractivity contribution in [2.75, 3.05) is 134 Å². The van der Waals surface area contributed by atoms with Gasteiger partial charge in [-0.3, -0.25) is 0 Å². The van der Waals surface area contributed by atoms with Crippen LogP contribution in [0.2, 0.25) is 0 Å². The van der Waals surface area contributed by atoms with E-state index in [4.69, 9.17) is 56.8 Å². The first-order valence-electron chi connectivity index (χ1n) is 19.6. The zero-order valence-corrected chi connectivity index (χ0v) is 35.2. The fourth-order valence-electron chi connectivity index (χ4n) is 4.52. The molecule has 0 aromatic heterocycles. The van der Waals surface area contributed by atoms with Crippen molar-refractivity contribution in [1.29, 1.82) is 0 Å². The van der Waals surface area contributed by atoms with Gasteiger partial charge in [-0.25, -0.2) is 0 Å². The minimum atomic E-state index is 0.484. The van der Waals surface area contributed by atoms with Crippen molar-refractivity contribution >= 4 is 22.7 Å². The Balaban J connectivity index is 0.000000320. The normalized spacial score (nSPS) is 11.1. The predicted octanol–water partition coefficient (Wildman–Crippen LogP) is 8.37. The maximum atomic E-state index is 5.61. The van der Waals surface area contributed by atoms with Gasteiger partial charge in [0.2, 0.25) is 0 Å². The summed E-state index contributed by atoms with van der Waals surface area (Å²) in [7, 11) is 6.58. The average molecular weight is 837 g/mol. The van der Waals surface area contributed by atoms with E-state index in [1.807, 2.05) is 97.1 Å². The van der Waals surface area contributed by atoms with Crippen LogP contribution in [0.3, 0.4) is 0 Å². The molecule has 0 atom stereocenters. The molecule has 16 nitrogen and oxygen atoms in total. The minimum Gasteiger partial charge on any atom is -0.491 e. The summed E-state index contributed by atoms with van der Waals surface area (Å²) in [5, 5.41) is 17.0. The molecule has 0 spiro atoms. The lowest BCUT2D eigenvalue weighted by Crippen LogP contribution is -2.09. The van der Waals surface area contributed by atoms with Gasteiger partial charge in [0.1, 0.15) is 49.4 Å². The maximum Gasteiger partial charge on any atom is 0.119 e. The van der Waals surface area contributed by atoms with Crippen molar-refractivity contribution in [1.82, 2.24) is 0 Å². The van der Waals surface area contributed by atoms with E-state index in [2.05, 4.69) is 20.5 Å². The maximum absolute atomic E-state index is 5.61. The molecular formula is C44H60N4O12. The van der Waals surface area contributed by atoms with Crippen LogP contribution in [0.15, 0.2) is 118 Å². The van der Waals surface area contributed by atoms with Gasteiger partial charge < -0.3 is 56.8 Å². The highest BCUT2D eigenvalue weighted by Gasteiger charge is 2.00. The van der Waals surface area contributed by atoms with E-state index in [1.165, 1.54) is 0 Å². The average Bonchev–Trinajstić information content (AvgIpc) is 3.29. The lowest BCUT2D eigenvalue weighted by Gasteiger charge is -2.07. The van der Waals surface area contributed by atoms with Gasteiger partial charge in [0.15, 0.2) is 0 Å². The Kier molecular flexibility index (Phi) is 27.7. The SMILES string of the molecule is COCCOCCOc1ccc(N=Nc2ccc(OCCOCCOC)cc2)cc1.COCCOCCOc1ccc(N=Nc2ccc(OCCOCCOC)cc2)cc1. The van der Waals surface area contributed by atoms with Crippen molar-refractivity contribution < 1.29 is 56.8 Å². The van der Waals surface area contributed by atoms with Crippen molar-refractivity contribution in [2.24, 2.45) is 20.5 Å². The molecule has 0 radical (unpaired) electrons. The van der Waals surface area contributed by atoms with Gasteiger partial charge in [-0.05, 0) is 97.1 Å². The molecule has 4 aromatic carbocycles. The molecule has 4 rings (SSSR count). The number of hydrogen-bond donors (Lipinski definition) is 0. The van der Waals surface area contributed by atoms with E-state index in [0.29, 0.717) is 106 Å². The number of ether oxygens (including phenoxy) is 12. The van der Waals surface area contributed by atoms with E-state index in [-0.39, 0.29) is 0 Å². The molecular weight excluding hydrogens is 776 g/mol. The number of azo groups is 2. The molecule has 0 unspecified atom stereocenters. The summed E-state index contributed by atoms with van der Waals surface area (Å²) in [6.45, 7) is 8.61. The molecule has 16 heteroatoms. The van der Waals surface area contributed by atoms with Crippen molar-refractivity contribution in [3.8, 4) is 23.0 Å². The van der Waals surface area contributed by atoms with Gasteiger partial charge in [0.25, 0.3) is 0 Å². The zero-order chi connectivity index (χ0) is 42.6. The summed E-state index contributed by atoms with van der Waals surface area (Å²) in [6.07, 6.45) is 0. The van der Waals surface area contributed by atoms with Crippen molar-refractivity contribution in [3.05, 3.63) is 97.1 Å². The molecule has 0 N–H and O–H groups in total. The lowest BCUT2D eigenvalue weighted by molar-refractivity contribution is 0.0544. The topological polar surface area (TPSA) is 160 Å². The second-order valence-electron chi connectivity index (χ2n) is 12.2. The molecule has 0 saturated carbocycles. The first-order chi connectivity index (χ1) is 29.6. The highest BCUT2D eigenvalue weighted by atomic mass is 16.6. The summed E-state index contributed by atoms with van der Waals surface area (Å²) in [6, 6.07) is 29.7. The van der Waals surface area contributed by atoms with E-state index in [0.717, 1.165) is 45.7 Å². The van der Waals surface area contributed by atoms with Crippen LogP contribution in [-0.2, 0) is 37.9 Å². The van der Waals surface area contributed by atoms with Crippen molar-refractivity contribution in [3.63, 3.8) is 0 Å². The van der Waals surface area contributed by atoms with Gasteiger partial charge in [-0.2, -0.15) is 20.5 Å². The first-order valence-corrected chi connectivity index (χ1v) is 19.6. The summed E-state index contributed by atoms with van der Waals surface area (Å²) >= 11 is 0. The third-order valence-electron chi connectivity index (χ3n) is 7.62. The monoisotopic (exact) mass is 836 g/mol. The second-order valence-corrected chi connectivity index (χ2v) is 12.2. The van der Waals surface area contributed by atoms with Crippen LogP contribution < -0.4 is 18.9 Å². The Bertz CT molecular complexity index is 1420. The third-order valence-corrected chi connectivity index (χ3v) is 7.62. The summed E-state index contributed by atoms with van der Waals surface area (Å²) < 4.78 is 63.5. The van der Waals surface area contributed by atoms with Crippen LogP contribution in [0.4, 0.5) is 22.7 Å². The Labute approximate surface area is 353 Å². The number of rotatable bonds is 32. The van der Waals surface area contributed by atoms with E-state index >= 15 is 0 Å². The number of hydrogen-bond acceptors (Lipinski definition) is 16. The number of benzene rings is 4. The molecule has 0 saturated heterocycles. The third kappa shape index (κ3) is 24.1. The van der Waals surface area contributed by atoms with Crippen LogP contribution in [0.5, 0.6) is 23.0 Å².